The predicted octanol–water partition coefficient (Wildman–Crippen LogP) is 1.86. The fraction of sp³-hybridized carbons (Fsp3) is 0.500. The predicted molar refractivity (Wildman–Crippen MR) is 38.0 cm³/mol. The number of nitrogens with zero attached hydrogens (tertiary/aromatic N) is 2. The number of halogens is 1. The fourth-order valence-electron chi connectivity index (χ4n) is 0.420. The van der Waals surface area contributed by atoms with Gasteiger partial charge in [0, 0.05) is 13.2 Å². The number of allylic oxidation sites excluding steroid dienone is 1. The Bertz CT molecular complexity index is 128. The molecule has 1 aliphatic heterocycles. The van der Waals surface area contributed by atoms with Crippen molar-refractivity contribution in [3.63, 3.8) is 0 Å². The van der Waals surface area contributed by atoms with Crippen LogP contribution in [0.2, 0.25) is 0 Å². The molecule has 0 amide bonds. The van der Waals surface area contributed by atoms with Crippen molar-refractivity contribution in [1.29, 1.82) is 0 Å². The van der Waals surface area contributed by atoms with Crippen LogP contribution < -0.4 is 0 Å². The summed E-state index contributed by atoms with van der Waals surface area (Å²) in [4.78, 5) is 0. The molecule has 0 saturated heterocycles. The van der Waals surface area contributed by atoms with Gasteiger partial charge in [-0.2, -0.15) is 0 Å². The lowest BCUT2D eigenvalue weighted by atomic mass is 10.6. The van der Waals surface area contributed by atoms with E-state index in [9.17, 15) is 0 Å². The molecule has 0 N–H and O–H groups in total. The molecular formula is C4H7IN2. The molecule has 0 bridgehead atoms. The van der Waals surface area contributed by atoms with E-state index in [0.29, 0.717) is 0 Å². The van der Waals surface area contributed by atoms with E-state index in [-0.39, 0.29) is 21.3 Å². The Morgan fingerprint density at radius 2 is 2.57 bits per heavy atom. The van der Waals surface area contributed by atoms with E-state index in [1.165, 1.54) is 5.70 Å². The maximum absolute atomic E-state index is 4.21. The molecule has 1 aliphatic rings. The van der Waals surface area contributed by atoms with Gasteiger partial charge in [0.15, 0.2) is 0 Å². The van der Waals surface area contributed by atoms with E-state index in [4.69, 9.17) is 0 Å². The smallest absolute Gasteiger partial charge is 0.120 e. The summed E-state index contributed by atoms with van der Waals surface area (Å²) >= 11 is 0.00495. The van der Waals surface area contributed by atoms with Crippen molar-refractivity contribution in [2.45, 2.75) is 6.92 Å². The quantitative estimate of drug-likeness (QED) is 0.440. The lowest BCUT2D eigenvalue weighted by molar-refractivity contribution is 0.828. The lowest BCUT2D eigenvalue weighted by Gasteiger charge is -1.93. The molecule has 0 aromatic carbocycles. The Hall–Kier alpha value is 0.0700. The first-order valence-electron chi connectivity index (χ1n) is 2.06. The van der Waals surface area contributed by atoms with E-state index in [1.54, 1.807) is 0 Å². The topological polar surface area (TPSA) is 15.6 Å². The second kappa shape index (κ2) is 1.90. The van der Waals surface area contributed by atoms with Crippen molar-refractivity contribution < 1.29 is 0 Å². The van der Waals surface area contributed by atoms with Gasteiger partial charge in [0.1, 0.15) is 21.3 Å². The summed E-state index contributed by atoms with van der Waals surface area (Å²) in [5.74, 6) is 0. The first-order chi connectivity index (χ1) is 3.29. The summed E-state index contributed by atoms with van der Waals surface area (Å²) in [7, 11) is 2.06. The molecule has 2 nitrogen and oxygen atoms in total. The van der Waals surface area contributed by atoms with Crippen LogP contribution in [0, 0.1) is 0 Å². The monoisotopic (exact) mass is 210 g/mol. The summed E-state index contributed by atoms with van der Waals surface area (Å²) in [6, 6.07) is 0. The molecule has 0 saturated carbocycles. The van der Waals surface area contributed by atoms with Crippen LogP contribution >= 0.6 is 21.3 Å². The second-order valence-electron chi connectivity index (χ2n) is 1.46. The molecule has 0 spiro atoms. The molecule has 0 unspecified atom stereocenters. The second-order valence-corrected chi connectivity index (χ2v) is 3.89. The van der Waals surface area contributed by atoms with Crippen molar-refractivity contribution in [3.8, 4) is 0 Å². The SMILES string of the molecule is CC1=CN(C)I=N1. The van der Waals surface area contributed by atoms with E-state index >= 15 is 0 Å². The molecule has 0 fully saturated rings. The van der Waals surface area contributed by atoms with Crippen LogP contribution in [-0.2, 0) is 0 Å². The van der Waals surface area contributed by atoms with Gasteiger partial charge in [-0.05, 0) is 6.92 Å². The van der Waals surface area contributed by atoms with Crippen molar-refractivity contribution in [3.05, 3.63) is 11.9 Å². The van der Waals surface area contributed by atoms with Crippen molar-refractivity contribution >= 4 is 21.3 Å². The lowest BCUT2D eigenvalue weighted by Crippen LogP contribution is -1.87. The summed E-state index contributed by atoms with van der Waals surface area (Å²) in [6.07, 6.45) is 2.08. The van der Waals surface area contributed by atoms with Crippen LogP contribution in [0.3, 0.4) is 0 Å². The maximum Gasteiger partial charge on any atom is 0.120 e. The molecule has 40 valence electrons. The first kappa shape index (κ1) is 5.21. The third kappa shape index (κ3) is 1.22. The summed E-state index contributed by atoms with van der Waals surface area (Å²) in [6.45, 7) is 2.03. The molecular weight excluding hydrogens is 203 g/mol. The largest absolute Gasteiger partial charge is 0.314 e. The number of rotatable bonds is 0. The molecule has 0 aliphatic carbocycles. The minimum absolute atomic E-state index is 0.00495. The van der Waals surface area contributed by atoms with Crippen molar-refractivity contribution in [1.82, 2.24) is 3.11 Å². The Kier molecular flexibility index (Phi) is 1.41. The van der Waals surface area contributed by atoms with Gasteiger partial charge in [0.2, 0.25) is 0 Å². The van der Waals surface area contributed by atoms with Gasteiger partial charge in [-0.3, -0.25) is 0 Å². The van der Waals surface area contributed by atoms with E-state index in [0.717, 1.165) is 0 Å². The first-order valence-corrected chi connectivity index (χ1v) is 3.99. The van der Waals surface area contributed by atoms with E-state index < -0.39 is 0 Å². The molecule has 3 heteroatoms. The Morgan fingerprint density at radius 3 is 2.71 bits per heavy atom. The number of hydrogen-bond donors (Lipinski definition) is 0. The summed E-state index contributed by atoms with van der Waals surface area (Å²) < 4.78 is 6.38. The van der Waals surface area contributed by atoms with E-state index in [1.807, 2.05) is 6.92 Å². The third-order valence-electron chi connectivity index (χ3n) is 0.655. The minimum Gasteiger partial charge on any atom is -0.314 e. The van der Waals surface area contributed by atoms with Gasteiger partial charge < -0.3 is 3.11 Å². The van der Waals surface area contributed by atoms with Crippen molar-refractivity contribution in [2.75, 3.05) is 7.05 Å². The number of hydrogen-bond acceptors (Lipinski definition) is 2. The van der Waals surface area contributed by atoms with Crippen LogP contribution in [0.4, 0.5) is 0 Å². The summed E-state index contributed by atoms with van der Waals surface area (Å²) in [5.41, 5.74) is 1.18. The molecule has 0 atom stereocenters. The fourth-order valence-corrected chi connectivity index (χ4v) is 1.75. The Balaban J connectivity index is 2.69. The van der Waals surface area contributed by atoms with Crippen LogP contribution in [0.5, 0.6) is 0 Å². The van der Waals surface area contributed by atoms with Crippen LogP contribution in [0.25, 0.3) is 0 Å². The Morgan fingerprint density at radius 1 is 1.86 bits per heavy atom. The maximum atomic E-state index is 4.21. The highest BCUT2D eigenvalue weighted by molar-refractivity contribution is 14.1. The van der Waals surface area contributed by atoms with Crippen LogP contribution in [-0.4, -0.2) is 10.2 Å². The minimum atomic E-state index is 0.00495. The molecule has 0 aromatic heterocycles. The van der Waals surface area contributed by atoms with Gasteiger partial charge >= 0.3 is 0 Å². The molecule has 1 heterocycles. The summed E-state index contributed by atoms with van der Waals surface area (Å²) in [5, 5.41) is 0. The average molecular weight is 210 g/mol. The zero-order valence-electron chi connectivity index (χ0n) is 4.35. The highest BCUT2D eigenvalue weighted by Crippen LogP contribution is 2.20. The molecule has 0 aromatic rings. The van der Waals surface area contributed by atoms with E-state index in [2.05, 4.69) is 19.5 Å². The third-order valence-corrected chi connectivity index (χ3v) is 2.59. The van der Waals surface area contributed by atoms with Gasteiger partial charge in [-0.15, -0.1) is 0 Å². The van der Waals surface area contributed by atoms with Gasteiger partial charge in [0.25, 0.3) is 0 Å². The van der Waals surface area contributed by atoms with Gasteiger partial charge in [-0.25, -0.2) is 3.15 Å². The average Bonchev–Trinajstić information content (AvgIpc) is 1.87. The van der Waals surface area contributed by atoms with Gasteiger partial charge in [-0.1, -0.05) is 0 Å². The highest BCUT2D eigenvalue weighted by Gasteiger charge is 1.94. The molecule has 0 radical (unpaired) electrons. The standard InChI is InChI=1S/C4H7IN2/c1-4-3-7(2)5-6-4/h3H,1-2H3. The Labute approximate surface area is 53.7 Å². The normalized spacial score (nSPS) is 19.1. The van der Waals surface area contributed by atoms with Crippen LogP contribution in [0.15, 0.2) is 15.0 Å². The molecule has 7 heavy (non-hydrogen) atoms. The van der Waals surface area contributed by atoms with Crippen LogP contribution in [0.1, 0.15) is 6.92 Å². The zero-order chi connectivity index (χ0) is 5.28. The van der Waals surface area contributed by atoms with Gasteiger partial charge in [0.05, 0.1) is 5.70 Å². The van der Waals surface area contributed by atoms with Crippen molar-refractivity contribution in [2.24, 2.45) is 3.15 Å². The molecule has 1 rings (SSSR count). The zero-order valence-corrected chi connectivity index (χ0v) is 6.51. The highest BCUT2D eigenvalue weighted by atomic mass is 127.